The normalized spacial score (nSPS) is 16.7. The summed E-state index contributed by atoms with van der Waals surface area (Å²) in [5.41, 5.74) is 0.460. The first-order chi connectivity index (χ1) is 12.6. The zero-order valence-electron chi connectivity index (χ0n) is 14.5. The Morgan fingerprint density at radius 2 is 2.04 bits per heavy atom. The number of anilines is 1. The third-order valence-electron chi connectivity index (χ3n) is 4.87. The molecule has 0 spiro atoms. The second kappa shape index (κ2) is 7.09. The molecule has 136 valence electrons. The number of nitrogens with zero attached hydrogens (tertiary/aromatic N) is 1. The standard InChI is InChI=1S/C19H21N3O3S/c1-12(13-2-3-16-14(10-13)6-9-26-16)20-17-11-18(23)22(19(24)21-17)15-4-7-25-8-5-15/h2-3,6,9-12,15,20H,4-5,7-8H2,1H3,(H,21,24)/t12-/m0/s1. The van der Waals surface area contributed by atoms with Crippen molar-refractivity contribution < 1.29 is 4.74 Å². The van der Waals surface area contributed by atoms with Crippen molar-refractivity contribution in [3.8, 4) is 0 Å². The first-order valence-electron chi connectivity index (χ1n) is 8.79. The highest BCUT2D eigenvalue weighted by atomic mass is 32.1. The van der Waals surface area contributed by atoms with Gasteiger partial charge in [0, 0.05) is 36.1 Å². The van der Waals surface area contributed by atoms with Gasteiger partial charge < -0.3 is 10.1 Å². The van der Waals surface area contributed by atoms with E-state index >= 15 is 0 Å². The maximum atomic E-state index is 12.5. The molecule has 1 aliphatic rings. The first kappa shape index (κ1) is 17.1. The summed E-state index contributed by atoms with van der Waals surface area (Å²) < 4.78 is 7.87. The van der Waals surface area contributed by atoms with Crippen molar-refractivity contribution in [2.75, 3.05) is 18.5 Å². The number of fused-ring (bicyclic) bond motifs is 1. The van der Waals surface area contributed by atoms with Crippen molar-refractivity contribution in [1.82, 2.24) is 9.55 Å². The maximum Gasteiger partial charge on any atom is 0.330 e. The topological polar surface area (TPSA) is 76.1 Å². The Labute approximate surface area is 154 Å². The molecule has 1 aliphatic heterocycles. The fourth-order valence-electron chi connectivity index (χ4n) is 3.44. The number of H-pyrrole nitrogens is 1. The second-order valence-corrected chi connectivity index (χ2v) is 7.57. The molecular formula is C19H21N3O3S. The van der Waals surface area contributed by atoms with Crippen molar-refractivity contribution in [3.63, 3.8) is 0 Å². The zero-order valence-corrected chi connectivity index (χ0v) is 15.3. The molecule has 3 aromatic rings. The Morgan fingerprint density at radius 1 is 1.23 bits per heavy atom. The maximum absolute atomic E-state index is 12.5. The molecule has 6 nitrogen and oxygen atoms in total. The smallest absolute Gasteiger partial charge is 0.330 e. The minimum absolute atomic E-state index is 0.0340. The molecule has 0 unspecified atom stereocenters. The van der Waals surface area contributed by atoms with Gasteiger partial charge in [0.25, 0.3) is 5.56 Å². The molecule has 26 heavy (non-hydrogen) atoms. The molecule has 0 amide bonds. The van der Waals surface area contributed by atoms with E-state index in [4.69, 9.17) is 4.74 Å². The Morgan fingerprint density at radius 3 is 2.81 bits per heavy atom. The molecule has 0 saturated carbocycles. The molecule has 1 fully saturated rings. The minimum atomic E-state index is -0.368. The van der Waals surface area contributed by atoms with Crippen LogP contribution in [-0.4, -0.2) is 22.8 Å². The van der Waals surface area contributed by atoms with Crippen LogP contribution in [0.3, 0.4) is 0 Å². The van der Waals surface area contributed by atoms with Crippen LogP contribution in [0.2, 0.25) is 0 Å². The Kier molecular flexibility index (Phi) is 4.65. The number of aromatic amines is 1. The van der Waals surface area contributed by atoms with E-state index in [0.717, 1.165) is 5.56 Å². The number of nitrogens with one attached hydrogen (secondary N) is 2. The number of hydrogen-bond acceptors (Lipinski definition) is 5. The van der Waals surface area contributed by atoms with Gasteiger partial charge in [0.05, 0.1) is 0 Å². The highest BCUT2D eigenvalue weighted by Gasteiger charge is 2.19. The highest BCUT2D eigenvalue weighted by molar-refractivity contribution is 7.17. The van der Waals surface area contributed by atoms with Gasteiger partial charge in [-0.2, -0.15) is 0 Å². The molecule has 7 heteroatoms. The van der Waals surface area contributed by atoms with Crippen molar-refractivity contribution in [3.05, 3.63) is 62.1 Å². The van der Waals surface area contributed by atoms with Crippen LogP contribution < -0.4 is 16.6 Å². The van der Waals surface area contributed by atoms with E-state index in [1.54, 1.807) is 11.3 Å². The SMILES string of the molecule is C[C@H](Nc1cc(=O)n(C2CCOCC2)c(=O)[nH]1)c1ccc2sccc2c1. The predicted octanol–water partition coefficient (Wildman–Crippen LogP) is 3.28. The van der Waals surface area contributed by atoms with Crippen LogP contribution in [0, 0.1) is 0 Å². The molecule has 3 heterocycles. The third-order valence-corrected chi connectivity index (χ3v) is 5.77. The lowest BCUT2D eigenvalue weighted by Gasteiger charge is -2.23. The van der Waals surface area contributed by atoms with Crippen LogP contribution in [-0.2, 0) is 4.74 Å². The fraction of sp³-hybridized carbons (Fsp3) is 0.368. The van der Waals surface area contributed by atoms with Crippen molar-refractivity contribution in [2.45, 2.75) is 31.8 Å². The lowest BCUT2D eigenvalue weighted by molar-refractivity contribution is 0.0674. The highest BCUT2D eigenvalue weighted by Crippen LogP contribution is 2.26. The molecule has 1 aromatic carbocycles. The Bertz CT molecular complexity index is 999. The number of benzene rings is 1. The van der Waals surface area contributed by atoms with Crippen molar-refractivity contribution >= 4 is 27.2 Å². The van der Waals surface area contributed by atoms with E-state index in [9.17, 15) is 9.59 Å². The van der Waals surface area contributed by atoms with E-state index in [-0.39, 0.29) is 23.3 Å². The largest absolute Gasteiger partial charge is 0.381 e. The van der Waals surface area contributed by atoms with Gasteiger partial charge in [-0.1, -0.05) is 6.07 Å². The number of hydrogen-bond donors (Lipinski definition) is 2. The van der Waals surface area contributed by atoms with Gasteiger partial charge >= 0.3 is 5.69 Å². The van der Waals surface area contributed by atoms with Gasteiger partial charge in [-0.15, -0.1) is 11.3 Å². The lowest BCUT2D eigenvalue weighted by Crippen LogP contribution is -2.40. The van der Waals surface area contributed by atoms with Crippen LogP contribution in [0.15, 0.2) is 45.3 Å². The molecule has 0 aliphatic carbocycles. The van der Waals surface area contributed by atoms with Crippen molar-refractivity contribution in [1.29, 1.82) is 0 Å². The van der Waals surface area contributed by atoms with Crippen LogP contribution in [0.25, 0.3) is 10.1 Å². The molecule has 0 bridgehead atoms. The predicted molar refractivity (Wildman–Crippen MR) is 104 cm³/mol. The van der Waals surface area contributed by atoms with Gasteiger partial charge in [0.15, 0.2) is 0 Å². The zero-order chi connectivity index (χ0) is 18.1. The molecule has 4 rings (SSSR count). The molecular weight excluding hydrogens is 350 g/mol. The van der Waals surface area contributed by atoms with Crippen LogP contribution in [0.4, 0.5) is 5.82 Å². The summed E-state index contributed by atoms with van der Waals surface area (Å²) in [6.45, 7) is 3.17. The van der Waals surface area contributed by atoms with Gasteiger partial charge in [0.1, 0.15) is 5.82 Å². The van der Waals surface area contributed by atoms with E-state index in [2.05, 4.69) is 39.9 Å². The first-order valence-corrected chi connectivity index (χ1v) is 9.67. The van der Waals surface area contributed by atoms with Gasteiger partial charge in [0.2, 0.25) is 0 Å². The summed E-state index contributed by atoms with van der Waals surface area (Å²) >= 11 is 1.71. The summed E-state index contributed by atoms with van der Waals surface area (Å²) in [6.07, 6.45) is 1.37. The minimum Gasteiger partial charge on any atom is -0.381 e. The lowest BCUT2D eigenvalue weighted by atomic mass is 10.1. The Hall–Kier alpha value is -2.38. The summed E-state index contributed by atoms with van der Waals surface area (Å²) in [7, 11) is 0. The van der Waals surface area contributed by atoms with E-state index in [1.165, 1.54) is 20.7 Å². The second-order valence-electron chi connectivity index (χ2n) is 6.62. The molecule has 1 saturated heterocycles. The van der Waals surface area contributed by atoms with Crippen LogP contribution >= 0.6 is 11.3 Å². The number of thiophene rings is 1. The number of rotatable bonds is 4. The van der Waals surface area contributed by atoms with E-state index < -0.39 is 0 Å². The third kappa shape index (κ3) is 3.32. The van der Waals surface area contributed by atoms with Gasteiger partial charge in [-0.05, 0) is 54.3 Å². The summed E-state index contributed by atoms with van der Waals surface area (Å²) in [4.78, 5) is 27.7. The van der Waals surface area contributed by atoms with Crippen molar-refractivity contribution in [2.24, 2.45) is 0 Å². The van der Waals surface area contributed by atoms with E-state index in [1.807, 2.05) is 6.92 Å². The van der Waals surface area contributed by atoms with Crippen LogP contribution in [0.1, 0.15) is 37.4 Å². The molecule has 1 atom stereocenters. The molecule has 2 N–H and O–H groups in total. The molecule has 0 radical (unpaired) electrons. The average Bonchev–Trinajstić information content (AvgIpc) is 3.09. The van der Waals surface area contributed by atoms with Gasteiger partial charge in [-0.3, -0.25) is 14.3 Å². The quantitative estimate of drug-likeness (QED) is 0.738. The van der Waals surface area contributed by atoms with E-state index in [0.29, 0.717) is 31.9 Å². The average molecular weight is 371 g/mol. The number of ether oxygens (including phenoxy) is 1. The van der Waals surface area contributed by atoms with Gasteiger partial charge in [-0.25, -0.2) is 4.79 Å². The molecule has 2 aromatic heterocycles. The summed E-state index contributed by atoms with van der Waals surface area (Å²) in [5, 5.41) is 6.50. The number of aromatic nitrogens is 2. The Balaban J connectivity index is 1.57. The summed E-state index contributed by atoms with van der Waals surface area (Å²) in [5.74, 6) is 0.446. The summed E-state index contributed by atoms with van der Waals surface area (Å²) in [6, 6.07) is 9.73. The monoisotopic (exact) mass is 371 g/mol. The van der Waals surface area contributed by atoms with Crippen LogP contribution in [0.5, 0.6) is 0 Å². The fourth-order valence-corrected chi connectivity index (χ4v) is 4.21.